The lowest BCUT2D eigenvalue weighted by molar-refractivity contribution is -0.146. The SMILES string of the molecule is CCOC(=O)CC(CCCN)C(=O)NCc1ccccc1.Cl. The lowest BCUT2D eigenvalue weighted by Crippen LogP contribution is -2.32. The second-order valence-corrected chi connectivity index (χ2v) is 4.84. The molecule has 0 aliphatic rings. The van der Waals surface area contributed by atoms with Gasteiger partial charge in [0.15, 0.2) is 0 Å². The third-order valence-electron chi connectivity index (χ3n) is 3.16. The monoisotopic (exact) mass is 328 g/mol. The maximum atomic E-state index is 12.2. The zero-order valence-electron chi connectivity index (χ0n) is 12.9. The summed E-state index contributed by atoms with van der Waals surface area (Å²) in [6.07, 6.45) is 1.41. The largest absolute Gasteiger partial charge is 0.466 e. The fourth-order valence-corrected chi connectivity index (χ4v) is 2.04. The fourth-order valence-electron chi connectivity index (χ4n) is 2.04. The van der Waals surface area contributed by atoms with Gasteiger partial charge in [0, 0.05) is 12.5 Å². The first-order valence-electron chi connectivity index (χ1n) is 7.34. The molecule has 0 saturated heterocycles. The topological polar surface area (TPSA) is 81.4 Å². The van der Waals surface area contributed by atoms with Crippen LogP contribution in [0.25, 0.3) is 0 Å². The molecule has 1 aromatic rings. The minimum absolute atomic E-state index is 0. The Hall–Kier alpha value is -1.59. The molecule has 0 spiro atoms. The number of nitrogens with one attached hydrogen (secondary N) is 1. The molecule has 22 heavy (non-hydrogen) atoms. The predicted octanol–water partition coefficient (Wildman–Crippen LogP) is 2.03. The molecule has 3 N–H and O–H groups in total. The smallest absolute Gasteiger partial charge is 0.306 e. The standard InChI is InChI=1S/C16H24N2O3.ClH/c1-2-21-15(19)11-14(9-6-10-17)16(20)18-12-13-7-4-3-5-8-13;/h3-5,7-8,14H,2,6,9-12,17H2,1H3,(H,18,20);1H. The van der Waals surface area contributed by atoms with Crippen LogP contribution in [0.5, 0.6) is 0 Å². The van der Waals surface area contributed by atoms with Gasteiger partial charge in [0.1, 0.15) is 0 Å². The molecule has 1 unspecified atom stereocenters. The number of hydrogen-bond donors (Lipinski definition) is 2. The molecule has 1 rings (SSSR count). The summed E-state index contributed by atoms with van der Waals surface area (Å²) in [7, 11) is 0. The van der Waals surface area contributed by atoms with Crippen molar-refractivity contribution in [2.45, 2.75) is 32.7 Å². The first kappa shape index (κ1) is 20.4. The lowest BCUT2D eigenvalue weighted by atomic mass is 9.98. The van der Waals surface area contributed by atoms with Gasteiger partial charge < -0.3 is 15.8 Å². The minimum atomic E-state index is -0.378. The normalized spacial score (nSPS) is 11.2. The second-order valence-electron chi connectivity index (χ2n) is 4.84. The number of rotatable bonds is 9. The summed E-state index contributed by atoms with van der Waals surface area (Å²) >= 11 is 0. The zero-order chi connectivity index (χ0) is 15.5. The third-order valence-corrected chi connectivity index (χ3v) is 3.16. The van der Waals surface area contributed by atoms with Crippen LogP contribution in [0.1, 0.15) is 31.7 Å². The Labute approximate surface area is 138 Å². The van der Waals surface area contributed by atoms with Gasteiger partial charge in [-0.2, -0.15) is 0 Å². The summed E-state index contributed by atoms with van der Waals surface area (Å²) in [6.45, 7) is 3.04. The van der Waals surface area contributed by atoms with Crippen LogP contribution in [-0.2, 0) is 20.9 Å². The average Bonchev–Trinajstić information content (AvgIpc) is 2.50. The number of benzene rings is 1. The van der Waals surface area contributed by atoms with Crippen molar-refractivity contribution >= 4 is 24.3 Å². The van der Waals surface area contributed by atoms with Crippen molar-refractivity contribution in [1.82, 2.24) is 5.32 Å². The Balaban J connectivity index is 0.00000441. The summed E-state index contributed by atoms with van der Waals surface area (Å²) in [5.41, 5.74) is 6.51. The molecule has 0 radical (unpaired) electrons. The van der Waals surface area contributed by atoms with Gasteiger partial charge >= 0.3 is 5.97 Å². The van der Waals surface area contributed by atoms with Crippen LogP contribution >= 0.6 is 12.4 Å². The van der Waals surface area contributed by atoms with Gasteiger partial charge in [0.2, 0.25) is 5.91 Å². The van der Waals surface area contributed by atoms with Crippen molar-refractivity contribution in [3.05, 3.63) is 35.9 Å². The van der Waals surface area contributed by atoms with Crippen molar-refractivity contribution in [1.29, 1.82) is 0 Å². The van der Waals surface area contributed by atoms with Crippen LogP contribution in [0.15, 0.2) is 30.3 Å². The van der Waals surface area contributed by atoms with E-state index in [2.05, 4.69) is 5.32 Å². The predicted molar refractivity (Wildman–Crippen MR) is 88.6 cm³/mol. The number of amides is 1. The van der Waals surface area contributed by atoms with E-state index in [0.29, 0.717) is 32.5 Å². The van der Waals surface area contributed by atoms with E-state index in [0.717, 1.165) is 5.56 Å². The summed E-state index contributed by atoms with van der Waals surface area (Å²) < 4.78 is 4.92. The van der Waals surface area contributed by atoms with E-state index >= 15 is 0 Å². The summed E-state index contributed by atoms with van der Waals surface area (Å²) in [6, 6.07) is 9.66. The van der Waals surface area contributed by atoms with Crippen LogP contribution in [-0.4, -0.2) is 25.0 Å². The molecular weight excluding hydrogens is 304 g/mol. The minimum Gasteiger partial charge on any atom is -0.466 e. The highest BCUT2D eigenvalue weighted by Gasteiger charge is 2.21. The average molecular weight is 329 g/mol. The van der Waals surface area contributed by atoms with E-state index in [1.54, 1.807) is 6.92 Å². The highest BCUT2D eigenvalue weighted by Crippen LogP contribution is 2.13. The maximum Gasteiger partial charge on any atom is 0.306 e. The molecule has 0 aliphatic heterocycles. The van der Waals surface area contributed by atoms with Crippen LogP contribution < -0.4 is 11.1 Å². The summed E-state index contributed by atoms with van der Waals surface area (Å²) in [4.78, 5) is 23.8. The Morgan fingerprint density at radius 3 is 2.55 bits per heavy atom. The number of carbonyl (C=O) groups is 2. The van der Waals surface area contributed by atoms with Crippen molar-refractivity contribution in [3.8, 4) is 0 Å². The zero-order valence-corrected chi connectivity index (χ0v) is 13.7. The van der Waals surface area contributed by atoms with Gasteiger partial charge in [-0.05, 0) is 31.9 Å². The Morgan fingerprint density at radius 1 is 1.27 bits per heavy atom. The number of nitrogens with two attached hydrogens (primary N) is 1. The number of hydrogen-bond acceptors (Lipinski definition) is 4. The molecule has 0 saturated carbocycles. The number of halogens is 1. The van der Waals surface area contributed by atoms with Gasteiger partial charge in [-0.1, -0.05) is 30.3 Å². The third kappa shape index (κ3) is 8.00. The van der Waals surface area contributed by atoms with Crippen molar-refractivity contribution in [2.24, 2.45) is 11.7 Å². The molecule has 0 bridgehead atoms. The summed E-state index contributed by atoms with van der Waals surface area (Å²) in [5.74, 6) is -0.842. The van der Waals surface area contributed by atoms with Crippen LogP contribution in [0, 0.1) is 5.92 Å². The molecule has 1 aromatic carbocycles. The van der Waals surface area contributed by atoms with Crippen molar-refractivity contribution in [2.75, 3.05) is 13.2 Å². The van der Waals surface area contributed by atoms with Gasteiger partial charge in [-0.3, -0.25) is 9.59 Å². The first-order chi connectivity index (χ1) is 10.2. The quantitative estimate of drug-likeness (QED) is 0.680. The van der Waals surface area contributed by atoms with Gasteiger partial charge in [0.05, 0.1) is 13.0 Å². The number of carbonyl (C=O) groups excluding carboxylic acids is 2. The lowest BCUT2D eigenvalue weighted by Gasteiger charge is -2.16. The maximum absolute atomic E-state index is 12.2. The Morgan fingerprint density at radius 2 is 1.95 bits per heavy atom. The van der Waals surface area contributed by atoms with E-state index < -0.39 is 0 Å². The molecule has 0 aliphatic carbocycles. The second kappa shape index (κ2) is 12.0. The molecular formula is C16H25ClN2O3. The van der Waals surface area contributed by atoms with Crippen molar-refractivity contribution < 1.29 is 14.3 Å². The van der Waals surface area contributed by atoms with Gasteiger partial charge in [0.25, 0.3) is 0 Å². The molecule has 124 valence electrons. The number of ether oxygens (including phenoxy) is 1. The van der Waals surface area contributed by atoms with E-state index in [1.807, 2.05) is 30.3 Å². The molecule has 0 fully saturated rings. The Kier molecular flexibility index (Phi) is 11.1. The van der Waals surface area contributed by atoms with Gasteiger partial charge in [-0.15, -0.1) is 12.4 Å². The number of esters is 1. The molecule has 6 heteroatoms. The van der Waals surface area contributed by atoms with E-state index in [1.165, 1.54) is 0 Å². The molecule has 1 atom stereocenters. The Bertz CT molecular complexity index is 440. The molecule has 0 aromatic heterocycles. The fraction of sp³-hybridized carbons (Fsp3) is 0.500. The molecule has 1 amide bonds. The molecule has 5 nitrogen and oxygen atoms in total. The highest BCUT2D eigenvalue weighted by atomic mass is 35.5. The van der Waals surface area contributed by atoms with Gasteiger partial charge in [-0.25, -0.2) is 0 Å². The first-order valence-corrected chi connectivity index (χ1v) is 7.34. The summed E-state index contributed by atoms with van der Waals surface area (Å²) in [5, 5.41) is 2.87. The van der Waals surface area contributed by atoms with Crippen molar-refractivity contribution in [3.63, 3.8) is 0 Å². The van der Waals surface area contributed by atoms with Crippen LogP contribution in [0.2, 0.25) is 0 Å². The van der Waals surface area contributed by atoms with Crippen LogP contribution in [0.3, 0.4) is 0 Å². The van der Waals surface area contributed by atoms with E-state index in [9.17, 15) is 9.59 Å². The van der Waals surface area contributed by atoms with Crippen LogP contribution in [0.4, 0.5) is 0 Å². The highest BCUT2D eigenvalue weighted by molar-refractivity contribution is 5.85. The van der Waals surface area contributed by atoms with E-state index in [-0.39, 0.29) is 36.6 Å². The van der Waals surface area contributed by atoms with E-state index in [4.69, 9.17) is 10.5 Å². The molecule has 0 heterocycles.